The molecule has 0 radical (unpaired) electrons. The summed E-state index contributed by atoms with van der Waals surface area (Å²) in [4.78, 5) is 39.6. The maximum Gasteiger partial charge on any atom is 0.342 e. The fraction of sp³-hybridized carbons (Fsp3) is 0.250. The number of nitrogens with zero attached hydrogens (tertiary/aromatic N) is 2. The number of nitrogen functional groups attached to an aromatic ring is 1. The molecule has 1 aromatic carbocycles. The van der Waals surface area contributed by atoms with Crippen molar-refractivity contribution in [2.45, 2.75) is 18.9 Å². The van der Waals surface area contributed by atoms with Crippen molar-refractivity contribution in [1.29, 1.82) is 0 Å². The Labute approximate surface area is 206 Å². The monoisotopic (exact) mass is 533 g/mol. The van der Waals surface area contributed by atoms with Gasteiger partial charge in [0.15, 0.2) is 17.4 Å². The summed E-state index contributed by atoms with van der Waals surface area (Å²) in [7, 11) is 0. The standard InChI is InChI=1S/C20H17F2N5O4S.2ClH/c21-12-14(25-24)10-16(13(22)17(12)26-5-4-7(23)6-26)27-15-8(28)2-1-3-9(15)32-19(27)11(18(10)29)20(30)31;;/h1,3,7,25H,2,4-6,23-24H2,(H,30,31);2*1H. The number of allylic oxidation sites excluding steroid dienone is 1. The Morgan fingerprint density at radius 3 is 2.53 bits per heavy atom. The number of thiazole rings is 1. The van der Waals surface area contributed by atoms with Crippen LogP contribution in [0.4, 0.5) is 20.2 Å². The fourth-order valence-corrected chi connectivity index (χ4v) is 5.67. The SMILES string of the molecule is Cl.Cl.NNc1c(F)c(N2CCC(N)C2)c(F)c2c1c(=O)c(C(=O)O)c1sc3c(n12)C(=O)CC=C3. The summed E-state index contributed by atoms with van der Waals surface area (Å²) in [6, 6.07) is -0.295. The number of Topliss-reactive ketones (excluding diaryl/α,β-unsaturated/α-hetero) is 1. The minimum Gasteiger partial charge on any atom is -0.477 e. The molecule has 1 atom stereocenters. The van der Waals surface area contributed by atoms with Crippen molar-refractivity contribution < 1.29 is 23.5 Å². The lowest BCUT2D eigenvalue weighted by atomic mass is 10.0. The highest BCUT2D eigenvalue weighted by Crippen LogP contribution is 2.41. The molecule has 3 aromatic rings. The van der Waals surface area contributed by atoms with Crippen LogP contribution in [0, 0.1) is 11.6 Å². The number of rotatable bonds is 3. The van der Waals surface area contributed by atoms with Crippen molar-refractivity contribution in [2.75, 3.05) is 23.4 Å². The van der Waals surface area contributed by atoms with Gasteiger partial charge in [-0.25, -0.2) is 13.6 Å². The Bertz CT molecular complexity index is 1460. The van der Waals surface area contributed by atoms with Crippen LogP contribution in [-0.2, 0) is 0 Å². The number of aromatic carboxylic acids is 1. The molecule has 6 N–H and O–H groups in total. The molecule has 1 fully saturated rings. The molecule has 182 valence electrons. The smallest absolute Gasteiger partial charge is 0.342 e. The topological polar surface area (TPSA) is 143 Å². The average molecular weight is 534 g/mol. The van der Waals surface area contributed by atoms with Crippen molar-refractivity contribution in [3.05, 3.63) is 44.1 Å². The molecule has 1 unspecified atom stereocenters. The van der Waals surface area contributed by atoms with Crippen LogP contribution in [0.3, 0.4) is 0 Å². The Kier molecular flexibility index (Phi) is 6.93. The van der Waals surface area contributed by atoms with Crippen LogP contribution < -0.4 is 27.3 Å². The number of hydrogen-bond acceptors (Lipinski definition) is 8. The number of hydrogen-bond donors (Lipinski definition) is 4. The van der Waals surface area contributed by atoms with E-state index >= 15 is 8.78 Å². The Hall–Kier alpha value is -2.77. The zero-order valence-corrected chi connectivity index (χ0v) is 19.7. The predicted molar refractivity (Wildman–Crippen MR) is 131 cm³/mol. The summed E-state index contributed by atoms with van der Waals surface area (Å²) in [5, 5.41) is 9.16. The van der Waals surface area contributed by atoms with Crippen LogP contribution in [0.2, 0.25) is 0 Å². The molecule has 0 bridgehead atoms. The first kappa shape index (κ1) is 25.8. The van der Waals surface area contributed by atoms with E-state index in [1.165, 1.54) is 4.90 Å². The van der Waals surface area contributed by atoms with E-state index in [-0.39, 0.29) is 66.7 Å². The number of fused-ring (bicyclic) bond motifs is 5. The second-order valence-electron chi connectivity index (χ2n) is 7.71. The van der Waals surface area contributed by atoms with E-state index in [0.29, 0.717) is 11.3 Å². The largest absolute Gasteiger partial charge is 0.477 e. The summed E-state index contributed by atoms with van der Waals surface area (Å²) < 4.78 is 32.6. The minimum atomic E-state index is -1.58. The van der Waals surface area contributed by atoms with Gasteiger partial charge < -0.3 is 21.2 Å². The van der Waals surface area contributed by atoms with Gasteiger partial charge in [-0.2, -0.15) is 0 Å². The Morgan fingerprint density at radius 1 is 1.24 bits per heavy atom. The molecule has 34 heavy (non-hydrogen) atoms. The average Bonchev–Trinajstić information content (AvgIpc) is 3.32. The van der Waals surface area contributed by atoms with E-state index in [4.69, 9.17) is 11.6 Å². The number of aromatic nitrogens is 1. The second-order valence-corrected chi connectivity index (χ2v) is 8.74. The van der Waals surface area contributed by atoms with Crippen LogP contribution >= 0.6 is 36.2 Å². The third kappa shape index (κ3) is 3.45. The quantitative estimate of drug-likeness (QED) is 0.297. The predicted octanol–water partition coefficient (Wildman–Crippen LogP) is 2.76. The van der Waals surface area contributed by atoms with Gasteiger partial charge in [-0.15, -0.1) is 36.2 Å². The normalized spacial score (nSPS) is 17.0. The van der Waals surface area contributed by atoms with Gasteiger partial charge in [-0.05, 0) is 12.5 Å². The third-order valence-electron chi connectivity index (χ3n) is 5.82. The maximum absolute atomic E-state index is 16.0. The highest BCUT2D eigenvalue weighted by Gasteiger charge is 2.34. The van der Waals surface area contributed by atoms with E-state index in [1.807, 2.05) is 0 Å². The van der Waals surface area contributed by atoms with E-state index in [1.54, 1.807) is 12.2 Å². The summed E-state index contributed by atoms with van der Waals surface area (Å²) in [5.41, 5.74) is 4.87. The van der Waals surface area contributed by atoms with Crippen LogP contribution in [0.25, 0.3) is 21.8 Å². The van der Waals surface area contributed by atoms with E-state index < -0.39 is 50.9 Å². The van der Waals surface area contributed by atoms with Crippen LogP contribution in [0.1, 0.15) is 38.6 Å². The van der Waals surface area contributed by atoms with E-state index in [9.17, 15) is 19.5 Å². The Morgan fingerprint density at radius 2 is 1.94 bits per heavy atom. The van der Waals surface area contributed by atoms with Gasteiger partial charge in [-0.1, -0.05) is 6.08 Å². The number of halogens is 4. The number of anilines is 2. The number of carboxylic acid groups (broad SMARTS) is 1. The van der Waals surface area contributed by atoms with Crippen LogP contribution in [0.15, 0.2) is 10.9 Å². The molecule has 1 saturated heterocycles. The van der Waals surface area contributed by atoms with Crippen LogP contribution in [-0.4, -0.2) is 40.4 Å². The molecular formula is C20H19Cl2F2N5O4S. The number of hydrazine groups is 1. The van der Waals surface area contributed by atoms with Gasteiger partial charge in [0.1, 0.15) is 27.5 Å². The number of nitrogens with one attached hydrogen (secondary N) is 1. The van der Waals surface area contributed by atoms with E-state index in [2.05, 4.69) is 5.43 Å². The summed E-state index contributed by atoms with van der Waals surface area (Å²) in [6.07, 6.45) is 3.74. The molecule has 2 aromatic heterocycles. The molecule has 2 aliphatic rings. The lowest BCUT2D eigenvalue weighted by Crippen LogP contribution is -2.29. The molecule has 1 aliphatic heterocycles. The first-order valence-electron chi connectivity index (χ1n) is 9.72. The summed E-state index contributed by atoms with van der Waals surface area (Å²) in [5.74, 6) is 1.34. The van der Waals surface area contributed by atoms with Gasteiger partial charge in [0, 0.05) is 25.6 Å². The molecule has 14 heteroatoms. The first-order valence-corrected chi connectivity index (χ1v) is 10.5. The maximum atomic E-state index is 16.0. The molecule has 9 nitrogen and oxygen atoms in total. The van der Waals surface area contributed by atoms with Gasteiger partial charge in [0.25, 0.3) is 0 Å². The zero-order valence-electron chi connectivity index (χ0n) is 17.3. The fourth-order valence-electron chi connectivity index (χ4n) is 4.44. The number of benzene rings is 1. The third-order valence-corrected chi connectivity index (χ3v) is 6.95. The number of carbonyl (C=O) groups is 2. The van der Waals surface area contributed by atoms with E-state index in [0.717, 1.165) is 15.7 Å². The summed E-state index contributed by atoms with van der Waals surface area (Å²) in [6.45, 7) is 0.456. The lowest BCUT2D eigenvalue weighted by molar-refractivity contribution is 0.0697. The molecule has 1 aliphatic carbocycles. The van der Waals surface area contributed by atoms with Gasteiger partial charge in [-0.3, -0.25) is 19.8 Å². The van der Waals surface area contributed by atoms with Crippen molar-refractivity contribution in [3.8, 4) is 0 Å². The number of carbonyl (C=O) groups excluding carboxylic acids is 1. The molecule has 0 saturated carbocycles. The second kappa shape index (κ2) is 9.12. The van der Waals surface area contributed by atoms with Crippen molar-refractivity contribution in [1.82, 2.24) is 4.40 Å². The number of pyridine rings is 1. The van der Waals surface area contributed by atoms with Crippen molar-refractivity contribution in [2.24, 2.45) is 11.6 Å². The number of nitrogens with two attached hydrogens (primary N) is 2. The minimum absolute atomic E-state index is 0. The van der Waals surface area contributed by atoms with Crippen molar-refractivity contribution in [3.63, 3.8) is 0 Å². The highest BCUT2D eigenvalue weighted by atomic mass is 35.5. The number of carboxylic acids is 1. The lowest BCUT2D eigenvalue weighted by Gasteiger charge is -2.23. The molecule has 5 rings (SSSR count). The van der Waals surface area contributed by atoms with Gasteiger partial charge in [0.2, 0.25) is 5.43 Å². The highest BCUT2D eigenvalue weighted by molar-refractivity contribution is 7.19. The van der Waals surface area contributed by atoms with Gasteiger partial charge in [0.05, 0.1) is 15.8 Å². The zero-order chi connectivity index (χ0) is 22.9. The van der Waals surface area contributed by atoms with Crippen LogP contribution in [0.5, 0.6) is 0 Å². The van der Waals surface area contributed by atoms with Crippen molar-refractivity contribution >= 4 is 81.1 Å². The molecule has 0 amide bonds. The first-order chi connectivity index (χ1) is 15.3. The molecule has 3 heterocycles. The van der Waals surface area contributed by atoms with Gasteiger partial charge >= 0.3 is 5.97 Å². The number of ketones is 1. The molecule has 0 spiro atoms. The molecular weight excluding hydrogens is 515 g/mol. The Balaban J connectivity index is 0.00000162. The summed E-state index contributed by atoms with van der Waals surface area (Å²) >= 11 is 0.881.